The summed E-state index contributed by atoms with van der Waals surface area (Å²) >= 11 is 0. The quantitative estimate of drug-likeness (QED) is 0.678. The van der Waals surface area contributed by atoms with Crippen molar-refractivity contribution in [3.63, 3.8) is 0 Å². The SMILES string of the molecule is CC1(C)CNCCN1CC(F)(F)F. The summed E-state index contributed by atoms with van der Waals surface area (Å²) in [6.45, 7) is 4.56. The number of piperazine rings is 1. The highest BCUT2D eigenvalue weighted by molar-refractivity contribution is 4.89. The van der Waals surface area contributed by atoms with Gasteiger partial charge in [0.2, 0.25) is 0 Å². The molecule has 0 aliphatic carbocycles. The van der Waals surface area contributed by atoms with E-state index in [4.69, 9.17) is 0 Å². The van der Waals surface area contributed by atoms with Gasteiger partial charge in [-0.1, -0.05) is 0 Å². The molecule has 0 aromatic rings. The Balaban J connectivity index is 2.56. The molecule has 0 spiro atoms. The van der Waals surface area contributed by atoms with E-state index in [9.17, 15) is 13.2 Å². The summed E-state index contributed by atoms with van der Waals surface area (Å²) in [5.41, 5.74) is -0.395. The van der Waals surface area contributed by atoms with Crippen LogP contribution < -0.4 is 5.32 Å². The lowest BCUT2D eigenvalue weighted by Crippen LogP contribution is -2.59. The molecule has 1 rings (SSSR count). The molecular formula is C8H15F3N2. The van der Waals surface area contributed by atoms with Crippen LogP contribution in [0.5, 0.6) is 0 Å². The number of nitrogens with one attached hydrogen (secondary N) is 1. The van der Waals surface area contributed by atoms with Gasteiger partial charge in [0, 0.05) is 25.2 Å². The van der Waals surface area contributed by atoms with Crippen LogP contribution in [0.4, 0.5) is 13.2 Å². The molecule has 1 saturated heterocycles. The highest BCUT2D eigenvalue weighted by Gasteiger charge is 2.38. The van der Waals surface area contributed by atoms with Gasteiger partial charge in [-0.15, -0.1) is 0 Å². The number of nitrogens with zero attached hydrogens (tertiary/aromatic N) is 1. The van der Waals surface area contributed by atoms with Gasteiger partial charge in [-0.25, -0.2) is 0 Å². The van der Waals surface area contributed by atoms with Gasteiger partial charge in [0.25, 0.3) is 0 Å². The number of rotatable bonds is 1. The average molecular weight is 196 g/mol. The molecule has 2 nitrogen and oxygen atoms in total. The first-order chi connectivity index (χ1) is 5.81. The molecule has 0 aromatic carbocycles. The van der Waals surface area contributed by atoms with E-state index in [0.29, 0.717) is 19.6 Å². The molecule has 1 fully saturated rings. The van der Waals surface area contributed by atoms with E-state index in [1.165, 1.54) is 4.90 Å². The van der Waals surface area contributed by atoms with Crippen LogP contribution in [0.3, 0.4) is 0 Å². The third-order valence-electron chi connectivity index (χ3n) is 2.34. The molecule has 78 valence electrons. The lowest BCUT2D eigenvalue weighted by atomic mass is 10.0. The summed E-state index contributed by atoms with van der Waals surface area (Å²) in [4.78, 5) is 1.48. The van der Waals surface area contributed by atoms with Crippen LogP contribution in [-0.2, 0) is 0 Å². The predicted molar refractivity (Wildman–Crippen MR) is 44.6 cm³/mol. The van der Waals surface area contributed by atoms with Crippen molar-refractivity contribution in [3.8, 4) is 0 Å². The Hall–Kier alpha value is -0.290. The minimum absolute atomic E-state index is 0.395. The van der Waals surface area contributed by atoms with Crippen LogP contribution in [0.15, 0.2) is 0 Å². The van der Waals surface area contributed by atoms with Crippen molar-refractivity contribution in [3.05, 3.63) is 0 Å². The highest BCUT2D eigenvalue weighted by atomic mass is 19.4. The molecule has 0 radical (unpaired) electrons. The first-order valence-electron chi connectivity index (χ1n) is 4.34. The average Bonchev–Trinajstić information content (AvgIpc) is 1.91. The number of hydrogen-bond donors (Lipinski definition) is 1. The van der Waals surface area contributed by atoms with Crippen LogP contribution in [0.2, 0.25) is 0 Å². The Morgan fingerprint density at radius 3 is 2.46 bits per heavy atom. The van der Waals surface area contributed by atoms with E-state index in [1.54, 1.807) is 0 Å². The van der Waals surface area contributed by atoms with Crippen molar-refractivity contribution in [1.82, 2.24) is 10.2 Å². The second kappa shape index (κ2) is 3.46. The summed E-state index contributed by atoms with van der Waals surface area (Å²) in [5.74, 6) is 0. The molecular weight excluding hydrogens is 181 g/mol. The second-order valence-corrected chi connectivity index (χ2v) is 4.03. The molecule has 1 N–H and O–H groups in total. The zero-order chi connectivity index (χ0) is 10.1. The van der Waals surface area contributed by atoms with E-state index in [2.05, 4.69) is 5.32 Å². The summed E-state index contributed by atoms with van der Waals surface area (Å²) < 4.78 is 36.4. The van der Waals surface area contributed by atoms with Crippen molar-refractivity contribution < 1.29 is 13.2 Å². The van der Waals surface area contributed by atoms with Gasteiger partial charge in [0.15, 0.2) is 0 Å². The number of hydrogen-bond acceptors (Lipinski definition) is 2. The fourth-order valence-corrected chi connectivity index (χ4v) is 1.53. The Morgan fingerprint density at radius 1 is 1.38 bits per heavy atom. The first kappa shape index (κ1) is 10.8. The lowest BCUT2D eigenvalue weighted by molar-refractivity contribution is -0.159. The minimum atomic E-state index is -4.09. The number of alkyl halides is 3. The van der Waals surface area contributed by atoms with E-state index < -0.39 is 18.3 Å². The van der Waals surface area contributed by atoms with Crippen LogP contribution in [0.1, 0.15) is 13.8 Å². The van der Waals surface area contributed by atoms with Gasteiger partial charge < -0.3 is 5.32 Å². The van der Waals surface area contributed by atoms with Crippen LogP contribution in [0, 0.1) is 0 Å². The van der Waals surface area contributed by atoms with Crippen LogP contribution in [-0.4, -0.2) is 42.8 Å². The molecule has 0 unspecified atom stereocenters. The van der Waals surface area contributed by atoms with Gasteiger partial charge in [-0.05, 0) is 13.8 Å². The second-order valence-electron chi connectivity index (χ2n) is 4.03. The van der Waals surface area contributed by atoms with E-state index in [0.717, 1.165) is 0 Å². The first-order valence-corrected chi connectivity index (χ1v) is 4.34. The van der Waals surface area contributed by atoms with Crippen LogP contribution in [0.25, 0.3) is 0 Å². The monoisotopic (exact) mass is 196 g/mol. The molecule has 1 aliphatic heterocycles. The predicted octanol–water partition coefficient (Wildman–Crippen LogP) is 1.23. The standard InChI is InChI=1S/C8H15F3N2/c1-7(2)5-12-3-4-13(7)6-8(9,10)11/h12H,3-6H2,1-2H3. The Morgan fingerprint density at radius 2 is 2.00 bits per heavy atom. The maximum Gasteiger partial charge on any atom is 0.401 e. The molecule has 0 saturated carbocycles. The van der Waals surface area contributed by atoms with Crippen molar-refractivity contribution in [2.45, 2.75) is 25.6 Å². The van der Waals surface area contributed by atoms with Gasteiger partial charge in [-0.3, -0.25) is 4.90 Å². The van der Waals surface area contributed by atoms with Crippen molar-refractivity contribution in [2.75, 3.05) is 26.2 Å². The van der Waals surface area contributed by atoms with E-state index >= 15 is 0 Å². The van der Waals surface area contributed by atoms with Crippen molar-refractivity contribution >= 4 is 0 Å². The summed E-state index contributed by atoms with van der Waals surface area (Å²) in [6, 6.07) is 0. The third kappa shape index (κ3) is 3.15. The van der Waals surface area contributed by atoms with Gasteiger partial charge in [-0.2, -0.15) is 13.2 Å². The summed E-state index contributed by atoms with van der Waals surface area (Å²) in [5, 5.41) is 3.08. The fourth-order valence-electron chi connectivity index (χ4n) is 1.53. The minimum Gasteiger partial charge on any atom is -0.314 e. The molecule has 0 atom stereocenters. The molecule has 1 heterocycles. The Kier molecular flexibility index (Phi) is 2.87. The van der Waals surface area contributed by atoms with Gasteiger partial charge >= 0.3 is 6.18 Å². The fraction of sp³-hybridized carbons (Fsp3) is 1.00. The van der Waals surface area contributed by atoms with E-state index in [-0.39, 0.29) is 0 Å². The normalized spacial score (nSPS) is 24.7. The van der Waals surface area contributed by atoms with Gasteiger partial charge in [0.1, 0.15) is 0 Å². The topological polar surface area (TPSA) is 15.3 Å². The molecule has 0 amide bonds. The smallest absolute Gasteiger partial charge is 0.314 e. The largest absolute Gasteiger partial charge is 0.401 e. The van der Waals surface area contributed by atoms with Gasteiger partial charge in [0.05, 0.1) is 6.54 Å². The summed E-state index contributed by atoms with van der Waals surface area (Å²) in [7, 11) is 0. The Labute approximate surface area is 76.1 Å². The third-order valence-corrected chi connectivity index (χ3v) is 2.34. The Bertz CT molecular complexity index is 177. The molecule has 0 bridgehead atoms. The molecule has 0 aromatic heterocycles. The zero-order valence-electron chi connectivity index (χ0n) is 7.91. The lowest BCUT2D eigenvalue weighted by Gasteiger charge is -2.42. The molecule has 13 heavy (non-hydrogen) atoms. The maximum absolute atomic E-state index is 12.1. The number of halogens is 3. The molecule has 5 heteroatoms. The summed E-state index contributed by atoms with van der Waals surface area (Å²) in [6.07, 6.45) is -4.09. The van der Waals surface area contributed by atoms with Crippen molar-refractivity contribution in [1.29, 1.82) is 0 Å². The van der Waals surface area contributed by atoms with Crippen LogP contribution >= 0.6 is 0 Å². The molecule has 1 aliphatic rings. The maximum atomic E-state index is 12.1. The van der Waals surface area contributed by atoms with Crippen molar-refractivity contribution in [2.24, 2.45) is 0 Å². The highest BCUT2D eigenvalue weighted by Crippen LogP contribution is 2.23. The van der Waals surface area contributed by atoms with E-state index in [1.807, 2.05) is 13.8 Å². The zero-order valence-corrected chi connectivity index (χ0v) is 7.91.